The number of benzene rings is 2. The van der Waals surface area contributed by atoms with E-state index in [9.17, 15) is 13.2 Å². The maximum atomic E-state index is 12.2. The van der Waals surface area contributed by atoms with Gasteiger partial charge in [-0.05, 0) is 48.2 Å². The summed E-state index contributed by atoms with van der Waals surface area (Å²) in [6.45, 7) is 0.124. The monoisotopic (exact) mass is 373 g/mol. The second kappa shape index (κ2) is 6.41. The molecule has 1 saturated carbocycles. The number of amides is 1. The number of ether oxygens (including phenoxy) is 1. The lowest BCUT2D eigenvalue weighted by molar-refractivity contribution is 0.0963. The van der Waals surface area contributed by atoms with E-state index in [1.807, 2.05) is 24.3 Å². The van der Waals surface area contributed by atoms with Crippen molar-refractivity contribution in [3.8, 4) is 11.1 Å². The van der Waals surface area contributed by atoms with Crippen molar-refractivity contribution in [2.75, 3.05) is 18.1 Å². The van der Waals surface area contributed by atoms with E-state index in [1.54, 1.807) is 24.3 Å². The second-order valence-electron chi connectivity index (χ2n) is 6.61. The molecule has 1 aliphatic heterocycles. The minimum Gasteiger partial charge on any atom is -0.441 e. The normalized spacial score (nSPS) is 20.3. The highest BCUT2D eigenvalue weighted by Gasteiger charge is 2.36. The molecule has 7 heteroatoms. The Morgan fingerprint density at radius 1 is 1.00 bits per heavy atom. The van der Waals surface area contributed by atoms with Crippen LogP contribution < -0.4 is 4.90 Å². The number of rotatable bonds is 5. The number of sulfone groups is 1. The molecular weight excluding hydrogens is 354 g/mol. The summed E-state index contributed by atoms with van der Waals surface area (Å²) in [4.78, 5) is 13.7. The third-order valence-electron chi connectivity index (χ3n) is 4.74. The number of anilines is 1. The fraction of sp³-hybridized carbons (Fsp3) is 0.316. The van der Waals surface area contributed by atoms with Crippen LogP contribution >= 0.6 is 0 Å². The van der Waals surface area contributed by atoms with E-state index < -0.39 is 22.0 Å². The molecule has 1 amide bonds. The topological polar surface area (TPSA) is 83.9 Å². The molecule has 2 aliphatic rings. The quantitative estimate of drug-likeness (QED) is 0.871. The molecule has 136 valence electrons. The van der Waals surface area contributed by atoms with Crippen LogP contribution in [-0.2, 0) is 14.6 Å². The lowest BCUT2D eigenvalue weighted by atomic mass is 10.1. The van der Waals surface area contributed by atoms with Crippen molar-refractivity contribution in [3.05, 3.63) is 48.5 Å². The summed E-state index contributed by atoms with van der Waals surface area (Å²) < 4.78 is 29.5. The van der Waals surface area contributed by atoms with Gasteiger partial charge in [0.15, 0.2) is 9.84 Å². The first-order valence-corrected chi connectivity index (χ1v) is 10.1. The zero-order chi connectivity index (χ0) is 18.3. The van der Waals surface area contributed by atoms with Gasteiger partial charge in [-0.15, -0.1) is 0 Å². The summed E-state index contributed by atoms with van der Waals surface area (Å²) in [5.74, 6) is 0. The van der Waals surface area contributed by atoms with E-state index in [-0.39, 0.29) is 11.9 Å². The first-order valence-electron chi connectivity index (χ1n) is 8.52. The van der Waals surface area contributed by atoms with Crippen LogP contribution in [0.15, 0.2) is 53.4 Å². The van der Waals surface area contributed by atoms with Crippen molar-refractivity contribution in [2.45, 2.75) is 29.1 Å². The van der Waals surface area contributed by atoms with Gasteiger partial charge in [-0.1, -0.05) is 24.3 Å². The second-order valence-corrected chi connectivity index (χ2v) is 8.84. The van der Waals surface area contributed by atoms with Gasteiger partial charge in [0, 0.05) is 5.69 Å². The summed E-state index contributed by atoms with van der Waals surface area (Å²) in [5, 5.41) is 8.90. The number of aliphatic hydroxyl groups is 1. The van der Waals surface area contributed by atoms with E-state index in [0.29, 0.717) is 17.1 Å². The van der Waals surface area contributed by atoms with Gasteiger partial charge in [0.2, 0.25) is 0 Å². The van der Waals surface area contributed by atoms with Crippen molar-refractivity contribution in [3.63, 3.8) is 0 Å². The number of carbonyl (C=O) groups excluding carboxylic acids is 1. The summed E-state index contributed by atoms with van der Waals surface area (Å²) in [7, 11) is -3.17. The molecular formula is C19H19NO5S. The highest BCUT2D eigenvalue weighted by Crippen LogP contribution is 2.34. The Labute approximate surface area is 151 Å². The fourth-order valence-electron chi connectivity index (χ4n) is 3.07. The Hall–Kier alpha value is -2.38. The standard InChI is InChI=1S/C19H19NO5S/c21-12-16-11-20(19(22)25-16)15-5-1-13(2-6-15)14-3-7-17(8-4-14)26(23,24)18-9-10-18/h1-8,16,18,21H,9-12H2/t16-/m1/s1. The number of nitrogens with zero attached hydrogens (tertiary/aromatic N) is 1. The number of cyclic esters (lactones) is 1. The molecule has 0 unspecified atom stereocenters. The van der Waals surface area contributed by atoms with E-state index in [1.165, 1.54) is 4.90 Å². The smallest absolute Gasteiger partial charge is 0.414 e. The predicted octanol–water partition coefficient (Wildman–Crippen LogP) is 2.61. The third kappa shape index (κ3) is 3.08. The Kier molecular flexibility index (Phi) is 4.20. The van der Waals surface area contributed by atoms with Gasteiger partial charge in [-0.2, -0.15) is 0 Å². The van der Waals surface area contributed by atoms with Crippen molar-refractivity contribution in [1.82, 2.24) is 0 Å². The van der Waals surface area contributed by atoms with Crippen molar-refractivity contribution in [1.29, 1.82) is 0 Å². The molecule has 0 bridgehead atoms. The van der Waals surface area contributed by atoms with Crippen LogP contribution in [-0.4, -0.2) is 44.1 Å². The Balaban J connectivity index is 1.53. The average molecular weight is 373 g/mol. The van der Waals surface area contributed by atoms with Crippen molar-refractivity contribution in [2.24, 2.45) is 0 Å². The highest BCUT2D eigenvalue weighted by molar-refractivity contribution is 7.92. The molecule has 1 saturated heterocycles. The van der Waals surface area contributed by atoms with E-state index >= 15 is 0 Å². The maximum Gasteiger partial charge on any atom is 0.414 e. The molecule has 6 nitrogen and oxygen atoms in total. The first kappa shape index (κ1) is 17.1. The number of hydrogen-bond acceptors (Lipinski definition) is 5. The van der Waals surface area contributed by atoms with Gasteiger partial charge in [0.1, 0.15) is 6.10 Å². The fourth-order valence-corrected chi connectivity index (χ4v) is 4.73. The van der Waals surface area contributed by atoms with Crippen LogP contribution in [0, 0.1) is 0 Å². The molecule has 4 rings (SSSR count). The highest BCUT2D eigenvalue weighted by atomic mass is 32.2. The van der Waals surface area contributed by atoms with Crippen molar-refractivity contribution < 1.29 is 23.1 Å². The SMILES string of the molecule is O=C1O[C@@H](CO)CN1c1ccc(-c2ccc(S(=O)(=O)C3CC3)cc2)cc1. The number of hydrogen-bond donors (Lipinski definition) is 1. The van der Waals surface area contributed by atoms with Crippen molar-refractivity contribution >= 4 is 21.6 Å². The molecule has 1 N–H and O–H groups in total. The predicted molar refractivity (Wildman–Crippen MR) is 96.8 cm³/mol. The molecule has 1 atom stereocenters. The van der Waals surface area contributed by atoms with Gasteiger partial charge < -0.3 is 9.84 Å². The Bertz CT molecular complexity index is 917. The van der Waals surface area contributed by atoms with Gasteiger partial charge in [0.25, 0.3) is 0 Å². The average Bonchev–Trinajstić information content (AvgIpc) is 3.45. The Morgan fingerprint density at radius 2 is 1.58 bits per heavy atom. The van der Waals surface area contributed by atoms with Gasteiger partial charge in [0.05, 0.1) is 23.3 Å². The summed E-state index contributed by atoms with van der Waals surface area (Å²) in [6, 6.07) is 14.3. The Morgan fingerprint density at radius 3 is 2.08 bits per heavy atom. The van der Waals surface area contributed by atoms with Gasteiger partial charge in [-0.3, -0.25) is 4.90 Å². The number of aliphatic hydroxyl groups excluding tert-OH is 1. The molecule has 26 heavy (non-hydrogen) atoms. The molecule has 1 heterocycles. The maximum absolute atomic E-state index is 12.2. The molecule has 2 fully saturated rings. The molecule has 2 aromatic carbocycles. The summed E-state index contributed by atoms with van der Waals surface area (Å²) >= 11 is 0. The van der Waals surface area contributed by atoms with Crippen LogP contribution in [0.25, 0.3) is 11.1 Å². The van der Waals surface area contributed by atoms with Crippen LogP contribution in [0.5, 0.6) is 0 Å². The van der Waals surface area contributed by atoms with E-state index in [2.05, 4.69) is 0 Å². The van der Waals surface area contributed by atoms with Gasteiger partial charge in [-0.25, -0.2) is 13.2 Å². The van der Waals surface area contributed by atoms with E-state index in [4.69, 9.17) is 9.84 Å². The molecule has 0 spiro atoms. The molecule has 0 aromatic heterocycles. The van der Waals surface area contributed by atoms with E-state index in [0.717, 1.165) is 24.0 Å². The van der Waals surface area contributed by atoms with Crippen LogP contribution in [0.3, 0.4) is 0 Å². The first-order chi connectivity index (χ1) is 12.5. The zero-order valence-electron chi connectivity index (χ0n) is 14.0. The van der Waals surface area contributed by atoms with Crippen LogP contribution in [0.2, 0.25) is 0 Å². The van der Waals surface area contributed by atoms with Gasteiger partial charge >= 0.3 is 6.09 Å². The summed E-state index contributed by atoms with van der Waals surface area (Å²) in [6.07, 6.45) is 0.540. The largest absolute Gasteiger partial charge is 0.441 e. The number of carbonyl (C=O) groups is 1. The lowest BCUT2D eigenvalue weighted by Gasteiger charge is -2.13. The lowest BCUT2D eigenvalue weighted by Crippen LogP contribution is -2.25. The minimum atomic E-state index is -3.17. The third-order valence-corrected chi connectivity index (χ3v) is 7.01. The molecule has 1 aliphatic carbocycles. The minimum absolute atomic E-state index is 0.198. The molecule has 2 aromatic rings. The van der Waals surface area contributed by atoms with Crippen LogP contribution in [0.4, 0.5) is 10.5 Å². The summed E-state index contributed by atoms with van der Waals surface area (Å²) in [5.41, 5.74) is 2.53. The molecule has 0 radical (unpaired) electrons. The van der Waals surface area contributed by atoms with Crippen LogP contribution in [0.1, 0.15) is 12.8 Å². The zero-order valence-corrected chi connectivity index (χ0v) is 14.9.